The molecule has 1 aliphatic rings. The average Bonchev–Trinajstić information content (AvgIpc) is 2.59. The van der Waals surface area contributed by atoms with Crippen LogP contribution >= 0.6 is 0 Å². The van der Waals surface area contributed by atoms with Crippen LogP contribution in [0.3, 0.4) is 0 Å². The molecule has 2 aromatic rings. The molecule has 0 amide bonds. The number of carbonyl (C=O) groups is 1. The predicted octanol–water partition coefficient (Wildman–Crippen LogP) is 2.32. The number of benzene rings is 1. The molecule has 3 nitrogen and oxygen atoms in total. The van der Waals surface area contributed by atoms with E-state index < -0.39 is 0 Å². The number of Topliss-reactive ketones (excluding diaryl/α,β-unsaturated/α-hetero) is 1. The van der Waals surface area contributed by atoms with Gasteiger partial charge in [0.05, 0.1) is 5.69 Å². The average molecular weight is 214 g/mol. The van der Waals surface area contributed by atoms with Gasteiger partial charge in [0.2, 0.25) is 0 Å². The van der Waals surface area contributed by atoms with E-state index in [9.17, 15) is 4.79 Å². The summed E-state index contributed by atoms with van der Waals surface area (Å²) in [5.41, 5.74) is 4.33. The lowest BCUT2D eigenvalue weighted by Gasteiger charge is -2.23. The van der Waals surface area contributed by atoms with Gasteiger partial charge in [0, 0.05) is 36.5 Å². The third-order valence-electron chi connectivity index (χ3n) is 3.23. The smallest absolute Gasteiger partial charge is 0.176 e. The SMILES string of the molecule is CC(=O)c1[nH]c2cccc3c2c1CN(C)C3. The van der Waals surface area contributed by atoms with Crippen LogP contribution in [0.15, 0.2) is 18.2 Å². The second kappa shape index (κ2) is 3.19. The zero-order valence-corrected chi connectivity index (χ0v) is 9.50. The minimum absolute atomic E-state index is 0.118. The lowest BCUT2D eigenvalue weighted by atomic mass is 9.99. The number of hydrogen-bond acceptors (Lipinski definition) is 2. The van der Waals surface area contributed by atoms with E-state index in [4.69, 9.17) is 0 Å². The second-order valence-electron chi connectivity index (χ2n) is 4.55. The number of aromatic nitrogens is 1. The summed E-state index contributed by atoms with van der Waals surface area (Å²) >= 11 is 0. The molecule has 0 radical (unpaired) electrons. The lowest BCUT2D eigenvalue weighted by Crippen LogP contribution is -2.22. The number of carbonyl (C=O) groups excluding carboxylic acids is 1. The Hall–Kier alpha value is -1.61. The van der Waals surface area contributed by atoms with Crippen molar-refractivity contribution in [2.75, 3.05) is 7.05 Å². The topological polar surface area (TPSA) is 36.1 Å². The van der Waals surface area contributed by atoms with Crippen molar-refractivity contribution in [2.24, 2.45) is 0 Å². The van der Waals surface area contributed by atoms with Crippen LogP contribution in [0.2, 0.25) is 0 Å². The quantitative estimate of drug-likeness (QED) is 0.739. The van der Waals surface area contributed by atoms with Gasteiger partial charge in [-0.25, -0.2) is 0 Å². The number of aromatic amines is 1. The highest BCUT2D eigenvalue weighted by Gasteiger charge is 2.22. The molecule has 1 aromatic carbocycles. The van der Waals surface area contributed by atoms with Gasteiger partial charge in [-0.05, 0) is 18.7 Å². The first kappa shape index (κ1) is 9.60. The van der Waals surface area contributed by atoms with Crippen molar-refractivity contribution >= 4 is 16.7 Å². The van der Waals surface area contributed by atoms with Gasteiger partial charge in [0.25, 0.3) is 0 Å². The summed E-state index contributed by atoms with van der Waals surface area (Å²) in [6.07, 6.45) is 0. The molecule has 0 atom stereocenters. The Labute approximate surface area is 94.1 Å². The van der Waals surface area contributed by atoms with Crippen molar-refractivity contribution in [3.05, 3.63) is 35.0 Å². The summed E-state index contributed by atoms with van der Waals surface area (Å²) in [7, 11) is 2.08. The van der Waals surface area contributed by atoms with Crippen LogP contribution in [-0.2, 0) is 13.1 Å². The van der Waals surface area contributed by atoms with E-state index in [1.54, 1.807) is 6.92 Å². The van der Waals surface area contributed by atoms with Crippen LogP contribution in [0.4, 0.5) is 0 Å². The van der Waals surface area contributed by atoms with Crippen molar-refractivity contribution < 1.29 is 4.79 Å². The van der Waals surface area contributed by atoms with Crippen molar-refractivity contribution in [3.8, 4) is 0 Å². The first-order valence-electron chi connectivity index (χ1n) is 5.48. The Balaban J connectivity index is 2.38. The van der Waals surface area contributed by atoms with Crippen LogP contribution in [0.25, 0.3) is 10.9 Å². The van der Waals surface area contributed by atoms with Gasteiger partial charge >= 0.3 is 0 Å². The number of nitrogens with zero attached hydrogens (tertiary/aromatic N) is 1. The van der Waals surface area contributed by atoms with E-state index in [0.29, 0.717) is 0 Å². The molecule has 3 rings (SSSR count). The maximum atomic E-state index is 11.6. The molecule has 2 heterocycles. The molecular weight excluding hydrogens is 200 g/mol. The van der Waals surface area contributed by atoms with Gasteiger partial charge in [-0.1, -0.05) is 12.1 Å². The van der Waals surface area contributed by atoms with E-state index in [0.717, 1.165) is 29.9 Å². The van der Waals surface area contributed by atoms with Crippen molar-refractivity contribution in [1.82, 2.24) is 9.88 Å². The summed E-state index contributed by atoms with van der Waals surface area (Å²) in [6.45, 7) is 3.43. The van der Waals surface area contributed by atoms with Crippen molar-refractivity contribution in [3.63, 3.8) is 0 Å². The van der Waals surface area contributed by atoms with E-state index in [1.807, 2.05) is 12.1 Å². The molecule has 0 spiro atoms. The van der Waals surface area contributed by atoms with E-state index in [-0.39, 0.29) is 5.78 Å². The zero-order chi connectivity index (χ0) is 11.3. The molecule has 0 saturated heterocycles. The highest BCUT2D eigenvalue weighted by atomic mass is 16.1. The Morgan fingerprint density at radius 1 is 1.38 bits per heavy atom. The molecule has 0 unspecified atom stereocenters. The van der Waals surface area contributed by atoms with Gasteiger partial charge in [-0.15, -0.1) is 0 Å². The Kier molecular flexibility index (Phi) is 1.91. The number of H-pyrrole nitrogens is 1. The molecule has 0 aliphatic carbocycles. The summed E-state index contributed by atoms with van der Waals surface area (Å²) < 4.78 is 0. The predicted molar refractivity (Wildman–Crippen MR) is 63.5 cm³/mol. The fraction of sp³-hybridized carbons (Fsp3) is 0.308. The van der Waals surface area contributed by atoms with Crippen LogP contribution in [-0.4, -0.2) is 22.7 Å². The van der Waals surface area contributed by atoms with Gasteiger partial charge < -0.3 is 4.98 Å². The van der Waals surface area contributed by atoms with Crippen LogP contribution in [0.5, 0.6) is 0 Å². The minimum atomic E-state index is 0.118. The molecule has 1 N–H and O–H groups in total. The van der Waals surface area contributed by atoms with Crippen LogP contribution in [0, 0.1) is 0 Å². The van der Waals surface area contributed by atoms with Crippen LogP contribution in [0.1, 0.15) is 28.5 Å². The van der Waals surface area contributed by atoms with E-state index >= 15 is 0 Å². The lowest BCUT2D eigenvalue weighted by molar-refractivity contribution is 0.101. The van der Waals surface area contributed by atoms with Gasteiger partial charge in [-0.3, -0.25) is 9.69 Å². The summed E-state index contributed by atoms with van der Waals surface area (Å²) in [5.74, 6) is 0.118. The van der Waals surface area contributed by atoms with Crippen molar-refractivity contribution in [1.29, 1.82) is 0 Å². The van der Waals surface area contributed by atoms with Gasteiger partial charge in [0.15, 0.2) is 5.78 Å². The number of hydrogen-bond donors (Lipinski definition) is 1. The molecular formula is C13H14N2O. The molecule has 0 fully saturated rings. The van der Waals surface area contributed by atoms with Gasteiger partial charge in [0.1, 0.15) is 0 Å². The fourth-order valence-electron chi connectivity index (χ4n) is 2.60. The summed E-state index contributed by atoms with van der Waals surface area (Å²) in [4.78, 5) is 17.1. The molecule has 3 heteroatoms. The third-order valence-corrected chi connectivity index (χ3v) is 3.23. The first-order chi connectivity index (χ1) is 7.66. The maximum absolute atomic E-state index is 11.6. The Morgan fingerprint density at radius 2 is 2.19 bits per heavy atom. The Bertz CT molecular complexity index is 583. The molecule has 1 aromatic heterocycles. The highest BCUT2D eigenvalue weighted by molar-refractivity contribution is 6.02. The highest BCUT2D eigenvalue weighted by Crippen LogP contribution is 2.31. The van der Waals surface area contributed by atoms with Crippen molar-refractivity contribution in [2.45, 2.75) is 20.0 Å². The first-order valence-corrected chi connectivity index (χ1v) is 5.48. The fourth-order valence-corrected chi connectivity index (χ4v) is 2.60. The molecule has 82 valence electrons. The second-order valence-corrected chi connectivity index (χ2v) is 4.55. The molecule has 0 bridgehead atoms. The number of rotatable bonds is 1. The molecule has 16 heavy (non-hydrogen) atoms. The minimum Gasteiger partial charge on any atom is -0.352 e. The summed E-state index contributed by atoms with van der Waals surface area (Å²) in [5, 5.41) is 1.26. The largest absolute Gasteiger partial charge is 0.352 e. The number of nitrogens with one attached hydrogen (secondary N) is 1. The standard InChI is InChI=1S/C13H14N2O/c1-8(16)13-10-7-15(2)6-9-4-3-5-11(14-13)12(9)10/h3-5,14H,6-7H2,1-2H3. The van der Waals surface area contributed by atoms with Gasteiger partial charge in [-0.2, -0.15) is 0 Å². The van der Waals surface area contributed by atoms with E-state index in [1.165, 1.54) is 10.9 Å². The Morgan fingerprint density at radius 3 is 2.94 bits per heavy atom. The summed E-state index contributed by atoms with van der Waals surface area (Å²) in [6, 6.07) is 6.22. The number of ketones is 1. The van der Waals surface area contributed by atoms with E-state index in [2.05, 4.69) is 23.0 Å². The third kappa shape index (κ3) is 1.21. The monoisotopic (exact) mass is 214 g/mol. The maximum Gasteiger partial charge on any atom is 0.176 e. The van der Waals surface area contributed by atoms with Crippen LogP contribution < -0.4 is 0 Å². The normalized spacial score (nSPS) is 15.6. The zero-order valence-electron chi connectivity index (χ0n) is 9.50. The molecule has 0 saturated carbocycles. The molecule has 1 aliphatic heterocycles.